The smallest absolute Gasteiger partial charge is 0.249 e. The Morgan fingerprint density at radius 2 is 1.57 bits per heavy atom. The molecule has 0 saturated carbocycles. The Morgan fingerprint density at radius 1 is 0.957 bits per heavy atom. The van der Waals surface area contributed by atoms with Crippen molar-refractivity contribution in [2.24, 2.45) is 5.92 Å². The summed E-state index contributed by atoms with van der Waals surface area (Å²) in [6.45, 7) is 5.75. The van der Waals surface area contributed by atoms with Gasteiger partial charge in [0.05, 0.1) is 12.1 Å². The Kier molecular flexibility index (Phi) is 12.6. The first kappa shape index (κ1) is 35.7. The zero-order chi connectivity index (χ0) is 34.0. The molecule has 1 saturated heterocycles. The summed E-state index contributed by atoms with van der Waals surface area (Å²) in [7, 11) is 0. The number of amides is 3. The number of aryl methyl sites for hydroxylation is 1. The van der Waals surface area contributed by atoms with Crippen LogP contribution < -0.4 is 16.0 Å². The second-order valence-electron chi connectivity index (χ2n) is 12.5. The van der Waals surface area contributed by atoms with Gasteiger partial charge < -0.3 is 26.0 Å². The molecule has 47 heavy (non-hydrogen) atoms. The highest BCUT2D eigenvalue weighted by atomic mass is 19.1. The highest BCUT2D eigenvalue weighted by Gasteiger charge is 2.53. The van der Waals surface area contributed by atoms with Crippen molar-refractivity contribution in [3.05, 3.63) is 107 Å². The zero-order valence-electron chi connectivity index (χ0n) is 27.3. The van der Waals surface area contributed by atoms with Gasteiger partial charge in [0, 0.05) is 32.6 Å². The topological polar surface area (TPSA) is 111 Å². The minimum atomic E-state index is -1.10. The monoisotopic (exact) mass is 648 g/mol. The molecule has 1 fully saturated rings. The molecule has 0 radical (unpaired) electrons. The van der Waals surface area contributed by atoms with Crippen molar-refractivity contribution >= 4 is 17.7 Å². The van der Waals surface area contributed by atoms with Gasteiger partial charge in [0.15, 0.2) is 0 Å². The largest absolute Gasteiger partial charge is 0.390 e. The van der Waals surface area contributed by atoms with Gasteiger partial charge in [0.25, 0.3) is 0 Å². The number of aliphatic hydroxyl groups excluding tert-OH is 1. The van der Waals surface area contributed by atoms with Gasteiger partial charge in [-0.25, -0.2) is 8.78 Å². The molecule has 3 aromatic carbocycles. The number of halogens is 2. The minimum absolute atomic E-state index is 0.0346. The van der Waals surface area contributed by atoms with Crippen LogP contribution in [0.15, 0.2) is 78.9 Å². The van der Waals surface area contributed by atoms with E-state index in [1.54, 1.807) is 4.90 Å². The number of likely N-dealkylation sites (tertiary alicyclic amines) is 1. The molecule has 0 aliphatic carbocycles. The van der Waals surface area contributed by atoms with E-state index in [4.69, 9.17) is 0 Å². The maximum Gasteiger partial charge on any atom is 0.249 e. The number of nitrogens with zero attached hydrogens (tertiary/aromatic N) is 1. The van der Waals surface area contributed by atoms with E-state index in [0.29, 0.717) is 44.2 Å². The van der Waals surface area contributed by atoms with Crippen molar-refractivity contribution in [2.45, 2.75) is 83.1 Å². The van der Waals surface area contributed by atoms with Crippen LogP contribution in [0, 0.1) is 17.6 Å². The van der Waals surface area contributed by atoms with Crippen LogP contribution in [0.5, 0.6) is 0 Å². The Hall–Kier alpha value is -4.15. The minimum Gasteiger partial charge on any atom is -0.390 e. The average Bonchev–Trinajstić information content (AvgIpc) is 3.36. The Balaban J connectivity index is 1.57. The molecule has 1 aliphatic rings. The molecular formula is C37H46F2N4O4. The Labute approximate surface area is 275 Å². The van der Waals surface area contributed by atoms with E-state index in [0.717, 1.165) is 17.2 Å². The third-order valence-corrected chi connectivity index (χ3v) is 9.17. The van der Waals surface area contributed by atoms with Crippen molar-refractivity contribution in [3.63, 3.8) is 0 Å². The van der Waals surface area contributed by atoms with Crippen molar-refractivity contribution in [1.82, 2.24) is 20.9 Å². The molecule has 3 aromatic rings. The molecular weight excluding hydrogens is 602 g/mol. The maximum atomic E-state index is 14.2. The van der Waals surface area contributed by atoms with Crippen LogP contribution in [0.2, 0.25) is 0 Å². The lowest BCUT2D eigenvalue weighted by Crippen LogP contribution is -2.60. The molecule has 8 nitrogen and oxygen atoms in total. The molecule has 252 valence electrons. The second kappa shape index (κ2) is 16.6. The maximum absolute atomic E-state index is 14.2. The highest BCUT2D eigenvalue weighted by Crippen LogP contribution is 2.34. The molecule has 10 heteroatoms. The van der Waals surface area contributed by atoms with Crippen molar-refractivity contribution in [2.75, 3.05) is 13.1 Å². The fourth-order valence-corrected chi connectivity index (χ4v) is 6.44. The van der Waals surface area contributed by atoms with Gasteiger partial charge in [-0.2, -0.15) is 0 Å². The summed E-state index contributed by atoms with van der Waals surface area (Å²) in [6, 6.07) is 20.8. The summed E-state index contributed by atoms with van der Waals surface area (Å²) in [5.74, 6) is -2.50. The number of hydrogen-bond acceptors (Lipinski definition) is 5. The van der Waals surface area contributed by atoms with Gasteiger partial charge in [-0.3, -0.25) is 14.4 Å². The van der Waals surface area contributed by atoms with E-state index in [2.05, 4.69) is 16.0 Å². The van der Waals surface area contributed by atoms with Crippen LogP contribution in [-0.4, -0.2) is 64.5 Å². The SMILES string of the molecule is CC[C@H](C)[C@@]1(NC(C)=O)CCN([C@@H](CCc2ccccc2)C(=O)N[C@@H](Cc2ccccc2)C(O)CNCc2cc(F)cc(F)c2)C1=O. The van der Waals surface area contributed by atoms with Crippen LogP contribution in [0.1, 0.15) is 56.7 Å². The summed E-state index contributed by atoms with van der Waals surface area (Å²) in [4.78, 5) is 42.3. The first-order chi connectivity index (χ1) is 22.5. The quantitative estimate of drug-likeness (QED) is 0.185. The lowest BCUT2D eigenvalue weighted by molar-refractivity contribution is -0.144. The van der Waals surface area contributed by atoms with Gasteiger partial charge in [0.2, 0.25) is 17.7 Å². The van der Waals surface area contributed by atoms with E-state index >= 15 is 0 Å². The zero-order valence-corrected chi connectivity index (χ0v) is 27.3. The van der Waals surface area contributed by atoms with Crippen molar-refractivity contribution < 1.29 is 28.3 Å². The van der Waals surface area contributed by atoms with Gasteiger partial charge in [-0.15, -0.1) is 0 Å². The molecule has 0 aromatic heterocycles. The van der Waals surface area contributed by atoms with E-state index < -0.39 is 41.3 Å². The van der Waals surface area contributed by atoms with Gasteiger partial charge in [-0.05, 0) is 60.4 Å². The third kappa shape index (κ3) is 9.45. The first-order valence-corrected chi connectivity index (χ1v) is 16.3. The Morgan fingerprint density at radius 3 is 2.17 bits per heavy atom. The van der Waals surface area contributed by atoms with Crippen LogP contribution in [0.4, 0.5) is 8.78 Å². The molecule has 0 bridgehead atoms. The van der Waals surface area contributed by atoms with Gasteiger partial charge >= 0.3 is 0 Å². The number of rotatable bonds is 16. The normalized spacial score (nSPS) is 18.8. The van der Waals surface area contributed by atoms with Crippen molar-refractivity contribution in [3.8, 4) is 0 Å². The lowest BCUT2D eigenvalue weighted by atomic mass is 9.81. The number of benzene rings is 3. The van der Waals surface area contributed by atoms with E-state index in [9.17, 15) is 28.3 Å². The summed E-state index contributed by atoms with van der Waals surface area (Å²) in [5, 5.41) is 20.4. The van der Waals surface area contributed by atoms with E-state index in [-0.39, 0.29) is 30.8 Å². The summed E-state index contributed by atoms with van der Waals surface area (Å²) >= 11 is 0. The molecule has 4 N–H and O–H groups in total. The van der Waals surface area contributed by atoms with Crippen LogP contribution in [0.3, 0.4) is 0 Å². The standard InChI is InChI=1S/C37H46F2N4O4/c1-4-25(2)37(42-26(3)44)17-18-43(36(37)47)33(16-15-27-11-7-5-8-12-27)35(46)41-32(21-28-13-9-6-10-14-28)34(45)24-40-23-29-19-30(38)22-31(39)20-29/h5-14,19-20,22,25,32-34,40,45H,4,15-18,21,23-24H2,1-3H3,(H,41,46)(H,42,44)/t25-,32-,33-,34?,37-/m0/s1. The molecule has 1 heterocycles. The highest BCUT2D eigenvalue weighted by molar-refractivity contribution is 5.96. The summed E-state index contributed by atoms with van der Waals surface area (Å²) in [6.07, 6.45) is 1.18. The number of aliphatic hydroxyl groups is 1. The molecule has 3 amide bonds. The Bertz CT molecular complexity index is 1470. The second-order valence-corrected chi connectivity index (χ2v) is 12.5. The third-order valence-electron chi connectivity index (χ3n) is 9.17. The fraction of sp³-hybridized carbons (Fsp3) is 0.432. The number of hydrogen-bond donors (Lipinski definition) is 4. The summed E-state index contributed by atoms with van der Waals surface area (Å²) < 4.78 is 27.4. The first-order valence-electron chi connectivity index (χ1n) is 16.3. The number of nitrogens with one attached hydrogen (secondary N) is 3. The number of carbonyl (C=O) groups excluding carboxylic acids is 3. The molecule has 5 atom stereocenters. The van der Waals surface area contributed by atoms with E-state index in [1.165, 1.54) is 19.1 Å². The van der Waals surface area contributed by atoms with Crippen LogP contribution in [-0.2, 0) is 33.8 Å². The van der Waals surface area contributed by atoms with E-state index in [1.807, 2.05) is 74.5 Å². The van der Waals surface area contributed by atoms with Crippen LogP contribution >= 0.6 is 0 Å². The average molecular weight is 649 g/mol. The lowest BCUT2D eigenvalue weighted by Gasteiger charge is -2.36. The molecule has 4 rings (SSSR count). The summed E-state index contributed by atoms with van der Waals surface area (Å²) in [5.41, 5.74) is 1.19. The van der Waals surface area contributed by atoms with Gasteiger partial charge in [0.1, 0.15) is 23.2 Å². The predicted molar refractivity (Wildman–Crippen MR) is 177 cm³/mol. The fourth-order valence-electron chi connectivity index (χ4n) is 6.44. The molecule has 1 aliphatic heterocycles. The number of carbonyl (C=O) groups is 3. The van der Waals surface area contributed by atoms with Gasteiger partial charge in [-0.1, -0.05) is 80.9 Å². The van der Waals surface area contributed by atoms with Crippen molar-refractivity contribution in [1.29, 1.82) is 0 Å². The predicted octanol–water partition coefficient (Wildman–Crippen LogP) is 4.30. The molecule has 1 unspecified atom stereocenters. The molecule has 0 spiro atoms. The van der Waals surface area contributed by atoms with Crippen LogP contribution in [0.25, 0.3) is 0 Å².